The summed E-state index contributed by atoms with van der Waals surface area (Å²) in [5, 5.41) is 0. The van der Waals surface area contributed by atoms with E-state index in [1.54, 1.807) is 6.20 Å². The van der Waals surface area contributed by atoms with Crippen LogP contribution in [0.1, 0.15) is 0 Å². The van der Waals surface area contributed by atoms with Crippen molar-refractivity contribution in [3.05, 3.63) is 72.9 Å². The number of hydrogen-bond donors (Lipinski definition) is 1. The minimum Gasteiger partial charge on any atom is -0.457 e. The van der Waals surface area contributed by atoms with Crippen LogP contribution in [0.5, 0.6) is 11.5 Å². The summed E-state index contributed by atoms with van der Waals surface area (Å²) in [6.45, 7) is 0. The van der Waals surface area contributed by atoms with Crippen LogP contribution >= 0.6 is 0 Å². The molecule has 0 aliphatic heterocycles. The van der Waals surface area contributed by atoms with Gasteiger partial charge in [-0.2, -0.15) is 0 Å². The molecule has 0 unspecified atom stereocenters. The maximum absolute atomic E-state index is 5.92. The van der Waals surface area contributed by atoms with Gasteiger partial charge in [-0.15, -0.1) is 0 Å². The van der Waals surface area contributed by atoms with Gasteiger partial charge in [0.05, 0.1) is 17.6 Å². The van der Waals surface area contributed by atoms with Gasteiger partial charge in [-0.1, -0.05) is 30.3 Å². The molecule has 0 radical (unpaired) electrons. The summed E-state index contributed by atoms with van der Waals surface area (Å²) in [5.41, 5.74) is 8.10. The SMILES string of the molecule is Nc1ccc(-c2ccccc2Oc2ccccc2)nc1. The molecule has 0 aliphatic carbocycles. The third-order valence-electron chi connectivity index (χ3n) is 2.92. The second-order valence-electron chi connectivity index (χ2n) is 4.39. The van der Waals surface area contributed by atoms with Crippen molar-refractivity contribution in [1.82, 2.24) is 4.98 Å². The first kappa shape index (κ1) is 12.2. The van der Waals surface area contributed by atoms with Crippen molar-refractivity contribution in [3.8, 4) is 22.8 Å². The van der Waals surface area contributed by atoms with Crippen LogP contribution in [0, 0.1) is 0 Å². The first-order valence-corrected chi connectivity index (χ1v) is 6.37. The predicted molar refractivity (Wildman–Crippen MR) is 80.6 cm³/mol. The van der Waals surface area contributed by atoms with Gasteiger partial charge in [-0.05, 0) is 36.4 Å². The molecule has 0 atom stereocenters. The molecule has 3 aromatic rings. The molecular formula is C17H14N2O. The summed E-state index contributed by atoms with van der Waals surface area (Å²) in [6.07, 6.45) is 1.65. The van der Waals surface area contributed by atoms with Crippen LogP contribution in [0.15, 0.2) is 72.9 Å². The van der Waals surface area contributed by atoms with Crippen LogP contribution in [-0.4, -0.2) is 4.98 Å². The topological polar surface area (TPSA) is 48.1 Å². The fraction of sp³-hybridized carbons (Fsp3) is 0. The van der Waals surface area contributed by atoms with Gasteiger partial charge >= 0.3 is 0 Å². The maximum Gasteiger partial charge on any atom is 0.136 e. The van der Waals surface area contributed by atoms with Gasteiger partial charge < -0.3 is 10.5 Å². The minimum absolute atomic E-state index is 0.648. The number of anilines is 1. The highest BCUT2D eigenvalue weighted by molar-refractivity contribution is 5.68. The Morgan fingerprint density at radius 3 is 2.30 bits per heavy atom. The second-order valence-corrected chi connectivity index (χ2v) is 4.39. The first-order valence-electron chi connectivity index (χ1n) is 6.37. The Balaban J connectivity index is 1.98. The summed E-state index contributed by atoms with van der Waals surface area (Å²) >= 11 is 0. The van der Waals surface area contributed by atoms with Crippen LogP contribution in [0.3, 0.4) is 0 Å². The maximum atomic E-state index is 5.92. The van der Waals surface area contributed by atoms with Crippen LogP contribution in [0.4, 0.5) is 5.69 Å². The number of para-hydroxylation sites is 2. The summed E-state index contributed by atoms with van der Waals surface area (Å²) < 4.78 is 5.92. The van der Waals surface area contributed by atoms with Crippen molar-refractivity contribution in [2.24, 2.45) is 0 Å². The highest BCUT2D eigenvalue weighted by Crippen LogP contribution is 2.32. The van der Waals surface area contributed by atoms with Gasteiger partial charge in [0.15, 0.2) is 0 Å². The molecule has 2 N–H and O–H groups in total. The largest absolute Gasteiger partial charge is 0.457 e. The molecule has 98 valence electrons. The average Bonchev–Trinajstić information content (AvgIpc) is 2.50. The van der Waals surface area contributed by atoms with Crippen LogP contribution < -0.4 is 10.5 Å². The van der Waals surface area contributed by atoms with E-state index in [-0.39, 0.29) is 0 Å². The molecule has 3 rings (SSSR count). The van der Waals surface area contributed by atoms with Crippen LogP contribution in [0.25, 0.3) is 11.3 Å². The van der Waals surface area contributed by atoms with E-state index >= 15 is 0 Å². The van der Waals surface area contributed by atoms with E-state index in [0.29, 0.717) is 5.69 Å². The Hall–Kier alpha value is -2.81. The summed E-state index contributed by atoms with van der Waals surface area (Å²) in [7, 11) is 0. The fourth-order valence-electron chi connectivity index (χ4n) is 1.95. The van der Waals surface area contributed by atoms with Crippen molar-refractivity contribution < 1.29 is 4.74 Å². The molecule has 0 spiro atoms. The van der Waals surface area contributed by atoms with Crippen molar-refractivity contribution in [2.45, 2.75) is 0 Å². The lowest BCUT2D eigenvalue weighted by Crippen LogP contribution is -1.91. The molecule has 1 aromatic heterocycles. The molecule has 3 heteroatoms. The number of aromatic nitrogens is 1. The zero-order valence-corrected chi connectivity index (χ0v) is 10.9. The molecular weight excluding hydrogens is 248 g/mol. The number of pyridine rings is 1. The zero-order chi connectivity index (χ0) is 13.8. The quantitative estimate of drug-likeness (QED) is 0.772. The fourth-order valence-corrected chi connectivity index (χ4v) is 1.95. The number of rotatable bonds is 3. The molecule has 0 aliphatic rings. The monoisotopic (exact) mass is 262 g/mol. The van der Waals surface area contributed by atoms with E-state index < -0.39 is 0 Å². The van der Waals surface area contributed by atoms with E-state index in [2.05, 4.69) is 4.98 Å². The number of nitrogen functional groups attached to an aromatic ring is 1. The van der Waals surface area contributed by atoms with Crippen LogP contribution in [-0.2, 0) is 0 Å². The number of ether oxygens (including phenoxy) is 1. The van der Waals surface area contributed by atoms with Gasteiger partial charge in [0.1, 0.15) is 11.5 Å². The van der Waals surface area contributed by atoms with Gasteiger partial charge in [0.25, 0.3) is 0 Å². The molecule has 0 saturated carbocycles. The number of benzene rings is 2. The molecule has 1 heterocycles. The molecule has 3 nitrogen and oxygen atoms in total. The Kier molecular flexibility index (Phi) is 3.33. The number of hydrogen-bond acceptors (Lipinski definition) is 3. The highest BCUT2D eigenvalue weighted by atomic mass is 16.5. The van der Waals surface area contributed by atoms with Gasteiger partial charge in [-0.3, -0.25) is 4.98 Å². The Morgan fingerprint density at radius 2 is 1.55 bits per heavy atom. The third kappa shape index (κ3) is 2.62. The third-order valence-corrected chi connectivity index (χ3v) is 2.92. The van der Waals surface area contributed by atoms with E-state index in [4.69, 9.17) is 10.5 Å². The van der Waals surface area contributed by atoms with Gasteiger partial charge in [0.2, 0.25) is 0 Å². The predicted octanol–water partition coefficient (Wildman–Crippen LogP) is 4.12. The highest BCUT2D eigenvalue weighted by Gasteiger charge is 2.07. The van der Waals surface area contributed by atoms with Gasteiger partial charge in [0, 0.05) is 5.56 Å². The second kappa shape index (κ2) is 5.45. The lowest BCUT2D eigenvalue weighted by molar-refractivity contribution is 0.484. The van der Waals surface area contributed by atoms with Gasteiger partial charge in [-0.25, -0.2) is 0 Å². The minimum atomic E-state index is 0.648. The van der Waals surface area contributed by atoms with Crippen molar-refractivity contribution in [2.75, 3.05) is 5.73 Å². The smallest absolute Gasteiger partial charge is 0.136 e. The van der Waals surface area contributed by atoms with E-state index in [9.17, 15) is 0 Å². The van der Waals surface area contributed by atoms with Crippen LogP contribution in [0.2, 0.25) is 0 Å². The normalized spacial score (nSPS) is 10.2. The Labute approximate surface area is 117 Å². The van der Waals surface area contributed by atoms with E-state index in [1.165, 1.54) is 0 Å². The zero-order valence-electron chi connectivity index (χ0n) is 10.9. The molecule has 0 fully saturated rings. The standard InChI is InChI=1S/C17H14N2O/c18-13-10-11-16(19-12-13)15-8-4-5-9-17(15)20-14-6-2-1-3-7-14/h1-12H,18H2. The lowest BCUT2D eigenvalue weighted by atomic mass is 10.1. The number of nitrogens with zero attached hydrogens (tertiary/aromatic N) is 1. The molecule has 0 bridgehead atoms. The summed E-state index contributed by atoms with van der Waals surface area (Å²) in [6, 6.07) is 21.2. The van der Waals surface area contributed by atoms with Crippen molar-refractivity contribution in [3.63, 3.8) is 0 Å². The summed E-state index contributed by atoms with van der Waals surface area (Å²) in [4.78, 5) is 4.35. The Bertz CT molecular complexity index is 694. The molecule has 2 aromatic carbocycles. The van der Waals surface area contributed by atoms with E-state index in [0.717, 1.165) is 22.8 Å². The van der Waals surface area contributed by atoms with Crippen molar-refractivity contribution in [1.29, 1.82) is 0 Å². The molecule has 20 heavy (non-hydrogen) atoms. The van der Waals surface area contributed by atoms with Crippen molar-refractivity contribution >= 4 is 5.69 Å². The van der Waals surface area contributed by atoms with E-state index in [1.807, 2.05) is 66.7 Å². The molecule has 0 saturated heterocycles. The summed E-state index contributed by atoms with van der Waals surface area (Å²) in [5.74, 6) is 1.58. The first-order chi connectivity index (χ1) is 9.83. The molecule has 0 amide bonds. The Morgan fingerprint density at radius 1 is 0.800 bits per heavy atom. The average molecular weight is 262 g/mol. The number of nitrogens with two attached hydrogens (primary N) is 1. The lowest BCUT2D eigenvalue weighted by Gasteiger charge is -2.10.